The molecule has 10 heteroatoms. The van der Waals surface area contributed by atoms with Gasteiger partial charge in [0.15, 0.2) is 5.69 Å². The molecule has 118 valence electrons. The normalized spacial score (nSPS) is 10.5. The van der Waals surface area contributed by atoms with Crippen LogP contribution in [-0.4, -0.2) is 38.3 Å². The Morgan fingerprint density at radius 1 is 1.36 bits per heavy atom. The van der Waals surface area contributed by atoms with Gasteiger partial charge in [-0.05, 0) is 38.3 Å². The first kappa shape index (κ1) is 16.7. The number of amides is 2. The molecule has 0 aliphatic rings. The average Bonchev–Trinajstić information content (AvgIpc) is 3.00. The van der Waals surface area contributed by atoms with E-state index in [-0.39, 0.29) is 17.3 Å². The van der Waals surface area contributed by atoms with Crippen molar-refractivity contribution in [1.29, 1.82) is 0 Å². The zero-order chi connectivity index (χ0) is 16.3. The van der Waals surface area contributed by atoms with Crippen molar-refractivity contribution in [1.82, 2.24) is 25.3 Å². The molecule has 0 unspecified atom stereocenters. The second-order valence-corrected chi connectivity index (χ2v) is 6.03. The van der Waals surface area contributed by atoms with Crippen LogP contribution in [0.15, 0.2) is 15.3 Å². The molecule has 0 bridgehead atoms. The zero-order valence-electron chi connectivity index (χ0n) is 11.9. The molecule has 0 fully saturated rings. The fraction of sp³-hybridized carbons (Fsp3) is 0.333. The first-order valence-corrected chi connectivity index (χ1v) is 8.05. The van der Waals surface area contributed by atoms with E-state index in [0.717, 1.165) is 6.42 Å². The quantitative estimate of drug-likeness (QED) is 0.671. The Kier molecular flexibility index (Phi) is 5.35. The number of rotatable bonds is 5. The van der Waals surface area contributed by atoms with Gasteiger partial charge in [-0.2, -0.15) is 10.2 Å². The van der Waals surface area contributed by atoms with E-state index in [9.17, 15) is 9.59 Å². The predicted molar refractivity (Wildman–Crippen MR) is 87.8 cm³/mol. The highest BCUT2D eigenvalue weighted by atomic mass is 79.9. The number of halogens is 2. The Labute approximate surface area is 143 Å². The van der Waals surface area contributed by atoms with E-state index in [1.54, 1.807) is 7.05 Å². The van der Waals surface area contributed by atoms with Crippen LogP contribution in [0.3, 0.4) is 0 Å². The number of carbonyl (C=O) groups is 2. The lowest BCUT2D eigenvalue weighted by atomic mass is 10.3. The second-order valence-electron chi connectivity index (χ2n) is 4.44. The van der Waals surface area contributed by atoms with Crippen molar-refractivity contribution in [2.45, 2.75) is 13.3 Å². The van der Waals surface area contributed by atoms with E-state index in [2.05, 4.69) is 57.8 Å². The lowest BCUT2D eigenvalue weighted by Gasteiger charge is -2.07. The molecular formula is C12H14Br2N6O2. The molecule has 2 amide bonds. The van der Waals surface area contributed by atoms with Crippen LogP contribution < -0.4 is 10.6 Å². The van der Waals surface area contributed by atoms with Gasteiger partial charge in [0.25, 0.3) is 11.8 Å². The van der Waals surface area contributed by atoms with Gasteiger partial charge in [0.1, 0.15) is 10.3 Å². The largest absolute Gasteiger partial charge is 0.351 e. The lowest BCUT2D eigenvalue weighted by molar-refractivity contribution is 0.0945. The summed E-state index contributed by atoms with van der Waals surface area (Å²) in [5.74, 6) is -0.745. The van der Waals surface area contributed by atoms with Gasteiger partial charge < -0.3 is 10.6 Å². The monoisotopic (exact) mass is 432 g/mol. The Balaban J connectivity index is 2.22. The lowest BCUT2D eigenvalue weighted by Crippen LogP contribution is -2.27. The number of hydrogen-bond donors (Lipinski definition) is 3. The summed E-state index contributed by atoms with van der Waals surface area (Å²) < 4.78 is 2.48. The van der Waals surface area contributed by atoms with Gasteiger partial charge in [-0.3, -0.25) is 19.4 Å². The van der Waals surface area contributed by atoms with Crippen LogP contribution in [0.4, 0.5) is 5.69 Å². The van der Waals surface area contributed by atoms with Gasteiger partial charge in [0.2, 0.25) is 0 Å². The molecule has 0 saturated carbocycles. The van der Waals surface area contributed by atoms with Gasteiger partial charge in [-0.25, -0.2) is 0 Å². The summed E-state index contributed by atoms with van der Waals surface area (Å²) in [6.45, 7) is 2.51. The van der Waals surface area contributed by atoms with Crippen LogP contribution >= 0.6 is 31.9 Å². The minimum absolute atomic E-state index is 0.177. The molecule has 2 rings (SSSR count). The van der Waals surface area contributed by atoms with Gasteiger partial charge in [-0.15, -0.1) is 0 Å². The molecule has 2 heterocycles. The SMILES string of the molecule is CCCNC(=O)c1c(NC(=O)c2n[nH]c(Br)c2Br)cnn1C. The minimum Gasteiger partial charge on any atom is -0.351 e. The fourth-order valence-corrected chi connectivity index (χ4v) is 2.39. The summed E-state index contributed by atoms with van der Waals surface area (Å²) in [5.41, 5.74) is 0.787. The molecule has 0 aliphatic heterocycles. The van der Waals surface area contributed by atoms with Gasteiger partial charge in [0, 0.05) is 13.6 Å². The molecule has 2 aromatic rings. The molecule has 0 saturated heterocycles. The van der Waals surface area contributed by atoms with Crippen molar-refractivity contribution in [2.24, 2.45) is 7.05 Å². The molecule has 2 aromatic heterocycles. The Morgan fingerprint density at radius 2 is 2.09 bits per heavy atom. The number of carbonyl (C=O) groups excluding carboxylic acids is 2. The Morgan fingerprint density at radius 3 is 2.68 bits per heavy atom. The number of anilines is 1. The number of H-pyrrole nitrogens is 1. The van der Waals surface area contributed by atoms with Gasteiger partial charge in [-0.1, -0.05) is 6.92 Å². The summed E-state index contributed by atoms with van der Waals surface area (Å²) in [7, 11) is 1.64. The highest BCUT2D eigenvalue weighted by molar-refractivity contribution is 9.13. The van der Waals surface area contributed by atoms with E-state index in [1.807, 2.05) is 6.92 Å². The highest BCUT2D eigenvalue weighted by Crippen LogP contribution is 2.25. The molecule has 0 aliphatic carbocycles. The maximum atomic E-state index is 12.2. The number of hydrogen-bond acceptors (Lipinski definition) is 4. The summed E-state index contributed by atoms with van der Waals surface area (Å²) in [6.07, 6.45) is 2.24. The maximum Gasteiger partial charge on any atom is 0.277 e. The van der Waals surface area contributed by atoms with Crippen LogP contribution in [0.2, 0.25) is 0 Å². The van der Waals surface area contributed by atoms with Crippen LogP contribution in [-0.2, 0) is 7.05 Å². The third kappa shape index (κ3) is 3.38. The van der Waals surface area contributed by atoms with E-state index in [0.29, 0.717) is 21.3 Å². The van der Waals surface area contributed by atoms with Gasteiger partial charge >= 0.3 is 0 Å². The summed E-state index contributed by atoms with van der Waals surface area (Å²) in [6, 6.07) is 0. The van der Waals surface area contributed by atoms with Crippen molar-refractivity contribution in [2.75, 3.05) is 11.9 Å². The standard InChI is InChI=1S/C12H14Br2N6O2/c1-3-4-15-12(22)9-6(5-16-20(9)2)17-11(21)8-7(13)10(14)19-18-8/h5H,3-4H2,1-2H3,(H,15,22)(H,17,21)(H,18,19). The first-order chi connectivity index (χ1) is 10.5. The van der Waals surface area contributed by atoms with Crippen molar-refractivity contribution in [3.8, 4) is 0 Å². The number of nitrogens with one attached hydrogen (secondary N) is 3. The summed E-state index contributed by atoms with van der Waals surface area (Å²) in [4.78, 5) is 24.4. The van der Waals surface area contributed by atoms with E-state index in [1.165, 1.54) is 10.9 Å². The summed E-state index contributed by atoms with van der Waals surface area (Å²) in [5, 5.41) is 15.9. The topological polar surface area (TPSA) is 105 Å². The molecular weight excluding hydrogens is 420 g/mol. The van der Waals surface area contributed by atoms with Crippen molar-refractivity contribution in [3.63, 3.8) is 0 Å². The molecule has 0 radical (unpaired) electrons. The van der Waals surface area contributed by atoms with Crippen molar-refractivity contribution in [3.05, 3.63) is 26.7 Å². The van der Waals surface area contributed by atoms with Crippen molar-refractivity contribution < 1.29 is 9.59 Å². The van der Waals surface area contributed by atoms with Gasteiger partial charge in [0.05, 0.1) is 16.4 Å². The Hall–Kier alpha value is -1.68. The molecule has 22 heavy (non-hydrogen) atoms. The Bertz CT molecular complexity index is 709. The first-order valence-electron chi connectivity index (χ1n) is 6.46. The van der Waals surface area contributed by atoms with E-state index in [4.69, 9.17) is 0 Å². The minimum atomic E-state index is -0.452. The molecule has 0 atom stereocenters. The van der Waals surface area contributed by atoms with Crippen LogP contribution in [0.1, 0.15) is 34.3 Å². The number of aryl methyl sites for hydroxylation is 1. The van der Waals surface area contributed by atoms with Crippen LogP contribution in [0.5, 0.6) is 0 Å². The smallest absolute Gasteiger partial charge is 0.277 e. The third-order valence-electron chi connectivity index (χ3n) is 2.82. The highest BCUT2D eigenvalue weighted by Gasteiger charge is 2.22. The van der Waals surface area contributed by atoms with E-state index < -0.39 is 5.91 Å². The molecule has 3 N–H and O–H groups in total. The number of aromatic amines is 1. The molecule has 0 aromatic carbocycles. The predicted octanol–water partition coefficient (Wildman–Crippen LogP) is 2.06. The number of aromatic nitrogens is 4. The molecule has 0 spiro atoms. The second kappa shape index (κ2) is 7.05. The number of nitrogens with zero attached hydrogens (tertiary/aromatic N) is 3. The average molecular weight is 434 g/mol. The maximum absolute atomic E-state index is 12.2. The third-order valence-corrected chi connectivity index (χ3v) is 4.70. The van der Waals surface area contributed by atoms with E-state index >= 15 is 0 Å². The zero-order valence-corrected chi connectivity index (χ0v) is 15.1. The van der Waals surface area contributed by atoms with Crippen LogP contribution in [0, 0.1) is 0 Å². The van der Waals surface area contributed by atoms with Crippen LogP contribution in [0.25, 0.3) is 0 Å². The van der Waals surface area contributed by atoms with Crippen molar-refractivity contribution >= 4 is 49.4 Å². The summed E-state index contributed by atoms with van der Waals surface area (Å²) >= 11 is 6.46. The molecule has 8 nitrogen and oxygen atoms in total. The fourth-order valence-electron chi connectivity index (χ4n) is 1.76.